The maximum Gasteiger partial charge on any atom is 0.305 e. The molecule has 0 bridgehead atoms. The van der Waals surface area contributed by atoms with Crippen LogP contribution in [0.25, 0.3) is 0 Å². The molecule has 0 radical (unpaired) electrons. The van der Waals surface area contributed by atoms with Crippen LogP contribution in [-0.4, -0.2) is 29.1 Å². The zero-order chi connectivity index (χ0) is 11.1. The third kappa shape index (κ3) is 5.53. The number of nitrogens with two attached hydrogens (primary N) is 1. The maximum atomic E-state index is 11.3. The van der Waals surface area contributed by atoms with Crippen LogP contribution in [0.4, 0.5) is 0 Å². The van der Waals surface area contributed by atoms with Gasteiger partial charge in [0.05, 0.1) is 12.5 Å². The Morgan fingerprint density at radius 1 is 1.50 bits per heavy atom. The highest BCUT2D eigenvalue weighted by Gasteiger charge is 2.15. The number of nitrogens with one attached hydrogen (secondary N) is 1. The van der Waals surface area contributed by atoms with E-state index in [-0.39, 0.29) is 18.4 Å². The van der Waals surface area contributed by atoms with Gasteiger partial charge in [0.1, 0.15) is 0 Å². The Hall–Kier alpha value is -1.10. The molecule has 4 N–H and O–H groups in total. The summed E-state index contributed by atoms with van der Waals surface area (Å²) in [4.78, 5) is 21.6. The summed E-state index contributed by atoms with van der Waals surface area (Å²) in [5, 5.41) is 11.0. The van der Waals surface area contributed by atoms with Gasteiger partial charge >= 0.3 is 5.97 Å². The first kappa shape index (κ1) is 12.9. The second-order valence-electron chi connectivity index (χ2n) is 3.40. The molecule has 0 saturated heterocycles. The van der Waals surface area contributed by atoms with E-state index in [4.69, 9.17) is 10.8 Å². The number of amides is 1. The van der Waals surface area contributed by atoms with Crippen molar-refractivity contribution in [2.24, 2.45) is 5.73 Å². The third-order valence-corrected chi connectivity index (χ3v) is 1.81. The van der Waals surface area contributed by atoms with Crippen molar-refractivity contribution >= 4 is 11.9 Å². The Kier molecular flexibility index (Phi) is 5.87. The first-order chi connectivity index (χ1) is 6.47. The molecule has 0 aliphatic carbocycles. The summed E-state index contributed by atoms with van der Waals surface area (Å²) in [5.41, 5.74) is 5.55. The molecular formula is C9H18N2O3. The summed E-state index contributed by atoms with van der Waals surface area (Å²) in [5.74, 6) is -1.21. The van der Waals surface area contributed by atoms with Crippen LogP contribution in [0.5, 0.6) is 0 Å². The lowest BCUT2D eigenvalue weighted by molar-refractivity contribution is -0.137. The van der Waals surface area contributed by atoms with Crippen LogP contribution >= 0.6 is 0 Å². The van der Waals surface area contributed by atoms with E-state index in [9.17, 15) is 9.59 Å². The summed E-state index contributed by atoms with van der Waals surface area (Å²) >= 11 is 0. The molecule has 0 spiro atoms. The second kappa shape index (κ2) is 6.37. The highest BCUT2D eigenvalue weighted by atomic mass is 16.4. The number of carboxylic acids is 1. The van der Waals surface area contributed by atoms with Crippen LogP contribution in [0, 0.1) is 0 Å². The number of hydrogen-bond acceptors (Lipinski definition) is 3. The molecule has 0 aliphatic rings. The topological polar surface area (TPSA) is 92.4 Å². The first-order valence-electron chi connectivity index (χ1n) is 4.75. The summed E-state index contributed by atoms with van der Waals surface area (Å²) in [7, 11) is 0. The quantitative estimate of drug-likeness (QED) is 0.569. The monoisotopic (exact) mass is 202 g/mol. The summed E-state index contributed by atoms with van der Waals surface area (Å²) in [6, 6.07) is -0.904. The lowest BCUT2D eigenvalue weighted by Gasteiger charge is -2.15. The standard InChI is InChI=1S/C9H18N2O3/c1-3-4-7(10)9(14)11-6(2)5-8(12)13/h6-7H,3-5,10H2,1-2H3,(H,11,14)(H,12,13)/t6?,7-/m0/s1. The normalized spacial score (nSPS) is 14.5. The van der Waals surface area contributed by atoms with Gasteiger partial charge in [0, 0.05) is 6.04 Å². The molecule has 0 fully saturated rings. The lowest BCUT2D eigenvalue weighted by Crippen LogP contribution is -2.44. The van der Waals surface area contributed by atoms with Gasteiger partial charge in [-0.3, -0.25) is 9.59 Å². The Morgan fingerprint density at radius 2 is 2.07 bits per heavy atom. The van der Waals surface area contributed by atoms with E-state index in [0.29, 0.717) is 6.42 Å². The predicted octanol–water partition coefficient (Wildman–Crippen LogP) is 0.0932. The second-order valence-corrected chi connectivity index (χ2v) is 3.40. The van der Waals surface area contributed by atoms with E-state index in [1.165, 1.54) is 0 Å². The van der Waals surface area contributed by atoms with E-state index in [2.05, 4.69) is 5.32 Å². The fraction of sp³-hybridized carbons (Fsp3) is 0.778. The van der Waals surface area contributed by atoms with Gasteiger partial charge in [0.25, 0.3) is 0 Å². The molecule has 5 nitrogen and oxygen atoms in total. The van der Waals surface area contributed by atoms with Crippen LogP contribution in [0.3, 0.4) is 0 Å². The highest BCUT2D eigenvalue weighted by Crippen LogP contribution is 1.96. The van der Waals surface area contributed by atoms with Crippen molar-refractivity contribution in [3.05, 3.63) is 0 Å². The number of rotatable bonds is 6. The maximum absolute atomic E-state index is 11.3. The fourth-order valence-corrected chi connectivity index (χ4v) is 1.10. The van der Waals surface area contributed by atoms with Gasteiger partial charge in [-0.25, -0.2) is 0 Å². The van der Waals surface area contributed by atoms with Crippen LogP contribution < -0.4 is 11.1 Å². The van der Waals surface area contributed by atoms with E-state index in [1.54, 1.807) is 6.92 Å². The third-order valence-electron chi connectivity index (χ3n) is 1.81. The molecule has 0 rings (SSSR count). The van der Waals surface area contributed by atoms with Gasteiger partial charge in [-0.2, -0.15) is 0 Å². The molecule has 1 amide bonds. The average Bonchev–Trinajstić information content (AvgIpc) is 2.02. The molecule has 0 aromatic heterocycles. The molecule has 5 heteroatoms. The van der Waals surface area contributed by atoms with Crippen LogP contribution in [-0.2, 0) is 9.59 Å². The molecule has 0 aromatic rings. The lowest BCUT2D eigenvalue weighted by atomic mass is 10.1. The van der Waals surface area contributed by atoms with Crippen molar-refractivity contribution in [3.63, 3.8) is 0 Å². The number of aliphatic carboxylic acids is 1. The van der Waals surface area contributed by atoms with Crippen molar-refractivity contribution in [3.8, 4) is 0 Å². The molecule has 0 heterocycles. The van der Waals surface area contributed by atoms with E-state index in [0.717, 1.165) is 6.42 Å². The Morgan fingerprint density at radius 3 is 2.50 bits per heavy atom. The van der Waals surface area contributed by atoms with Gasteiger partial charge in [0.2, 0.25) is 5.91 Å². The molecule has 0 saturated carbocycles. The summed E-state index contributed by atoms with van der Waals surface area (Å²) < 4.78 is 0. The van der Waals surface area contributed by atoms with Crippen molar-refractivity contribution in [1.82, 2.24) is 5.32 Å². The smallest absolute Gasteiger partial charge is 0.305 e. The van der Waals surface area contributed by atoms with Crippen molar-refractivity contribution in [1.29, 1.82) is 0 Å². The van der Waals surface area contributed by atoms with Crippen molar-refractivity contribution < 1.29 is 14.7 Å². The minimum absolute atomic E-state index is 0.0788. The number of carboxylic acid groups (broad SMARTS) is 1. The predicted molar refractivity (Wildman–Crippen MR) is 52.7 cm³/mol. The molecule has 82 valence electrons. The van der Waals surface area contributed by atoms with Gasteiger partial charge in [-0.05, 0) is 13.3 Å². The van der Waals surface area contributed by atoms with E-state index in [1.807, 2.05) is 6.92 Å². The molecule has 0 aliphatic heterocycles. The highest BCUT2D eigenvalue weighted by molar-refractivity contribution is 5.82. The number of hydrogen-bond donors (Lipinski definition) is 3. The van der Waals surface area contributed by atoms with Crippen LogP contribution in [0.15, 0.2) is 0 Å². The van der Waals surface area contributed by atoms with Crippen LogP contribution in [0.1, 0.15) is 33.1 Å². The summed E-state index contributed by atoms with van der Waals surface area (Å²) in [6.07, 6.45) is 1.37. The average molecular weight is 202 g/mol. The summed E-state index contributed by atoms with van der Waals surface area (Å²) in [6.45, 7) is 3.58. The first-order valence-corrected chi connectivity index (χ1v) is 4.75. The number of carbonyl (C=O) groups excluding carboxylic acids is 1. The molecule has 0 aromatic carbocycles. The van der Waals surface area contributed by atoms with Gasteiger partial charge in [-0.15, -0.1) is 0 Å². The Balaban J connectivity index is 3.86. The minimum Gasteiger partial charge on any atom is -0.481 e. The molecule has 1 unspecified atom stereocenters. The van der Waals surface area contributed by atoms with Crippen LogP contribution in [0.2, 0.25) is 0 Å². The van der Waals surface area contributed by atoms with E-state index >= 15 is 0 Å². The van der Waals surface area contributed by atoms with E-state index < -0.39 is 12.0 Å². The van der Waals surface area contributed by atoms with Crippen molar-refractivity contribution in [2.45, 2.75) is 45.2 Å². The largest absolute Gasteiger partial charge is 0.481 e. The minimum atomic E-state index is -0.929. The zero-order valence-corrected chi connectivity index (χ0v) is 8.62. The zero-order valence-electron chi connectivity index (χ0n) is 8.62. The fourth-order valence-electron chi connectivity index (χ4n) is 1.10. The number of carbonyl (C=O) groups is 2. The van der Waals surface area contributed by atoms with Crippen molar-refractivity contribution in [2.75, 3.05) is 0 Å². The molecule has 2 atom stereocenters. The molecule has 14 heavy (non-hydrogen) atoms. The molecular weight excluding hydrogens is 184 g/mol. The van der Waals surface area contributed by atoms with Gasteiger partial charge < -0.3 is 16.2 Å². The SMILES string of the molecule is CCC[C@H](N)C(=O)NC(C)CC(=O)O. The Labute approximate surface area is 83.7 Å². The van der Waals surface area contributed by atoms with Gasteiger partial charge in [-0.1, -0.05) is 13.3 Å². The van der Waals surface area contributed by atoms with Gasteiger partial charge in [0.15, 0.2) is 0 Å². The Bertz CT molecular complexity index is 206.